The molecule has 0 aliphatic carbocycles. The van der Waals surface area contributed by atoms with E-state index in [0.29, 0.717) is 13.2 Å². The lowest BCUT2D eigenvalue weighted by Crippen LogP contribution is -2.28. The summed E-state index contributed by atoms with van der Waals surface area (Å²) in [5.41, 5.74) is 1.80. The highest BCUT2D eigenvalue weighted by Gasteiger charge is 2.12. The maximum absolute atomic E-state index is 11.8. The van der Waals surface area contributed by atoms with E-state index in [1.165, 1.54) is 0 Å². The van der Waals surface area contributed by atoms with Crippen molar-refractivity contribution < 1.29 is 9.53 Å². The van der Waals surface area contributed by atoms with Crippen LogP contribution in [0.3, 0.4) is 0 Å². The number of ether oxygens (including phenoxy) is 1. The van der Waals surface area contributed by atoms with Crippen LogP contribution in [-0.2, 0) is 22.7 Å². The summed E-state index contributed by atoms with van der Waals surface area (Å²) >= 11 is 0. The van der Waals surface area contributed by atoms with E-state index in [0.717, 1.165) is 16.9 Å². The summed E-state index contributed by atoms with van der Waals surface area (Å²) in [5.74, 6) is 0.679. The summed E-state index contributed by atoms with van der Waals surface area (Å²) in [6.45, 7) is 4.64. The summed E-state index contributed by atoms with van der Waals surface area (Å²) in [7, 11) is 1.61. The Balaban J connectivity index is 2.30. The molecule has 0 saturated heterocycles. The van der Waals surface area contributed by atoms with Crippen molar-refractivity contribution in [3.05, 3.63) is 42.7 Å². The summed E-state index contributed by atoms with van der Waals surface area (Å²) < 4.78 is 7.00. The first kappa shape index (κ1) is 13.3. The number of amides is 1. The summed E-state index contributed by atoms with van der Waals surface area (Å²) in [6, 6.07) is 7.72. The SMILES string of the molecule is C=CCNC(=O)Cn1c(COC)nc2ccccc21. The van der Waals surface area contributed by atoms with E-state index in [1.807, 2.05) is 28.8 Å². The number of methoxy groups -OCH3 is 1. The van der Waals surface area contributed by atoms with Crippen LogP contribution < -0.4 is 5.32 Å². The van der Waals surface area contributed by atoms with Crippen molar-refractivity contribution in [2.75, 3.05) is 13.7 Å². The van der Waals surface area contributed by atoms with Gasteiger partial charge in [-0.3, -0.25) is 4.79 Å². The highest BCUT2D eigenvalue weighted by Crippen LogP contribution is 2.16. The van der Waals surface area contributed by atoms with Gasteiger partial charge in [-0.15, -0.1) is 6.58 Å². The average Bonchev–Trinajstić information content (AvgIpc) is 2.75. The number of hydrogen-bond acceptors (Lipinski definition) is 3. The van der Waals surface area contributed by atoms with Gasteiger partial charge in [0.25, 0.3) is 0 Å². The zero-order valence-electron chi connectivity index (χ0n) is 10.9. The Hall–Kier alpha value is -2.14. The van der Waals surface area contributed by atoms with Crippen molar-refractivity contribution in [3.8, 4) is 0 Å². The number of nitrogens with one attached hydrogen (secondary N) is 1. The van der Waals surface area contributed by atoms with E-state index in [9.17, 15) is 4.79 Å². The Kier molecular flexibility index (Phi) is 4.30. The van der Waals surface area contributed by atoms with Crippen LogP contribution in [0.25, 0.3) is 11.0 Å². The van der Waals surface area contributed by atoms with Crippen molar-refractivity contribution in [3.63, 3.8) is 0 Å². The lowest BCUT2D eigenvalue weighted by molar-refractivity contribution is -0.121. The minimum Gasteiger partial charge on any atom is -0.377 e. The Morgan fingerprint density at radius 2 is 2.32 bits per heavy atom. The standard InChI is InChI=1S/C14H17N3O2/c1-3-8-15-14(18)9-17-12-7-5-4-6-11(12)16-13(17)10-19-2/h3-7H,1,8-10H2,2H3,(H,15,18). The fraction of sp³-hybridized carbons (Fsp3) is 0.286. The molecule has 100 valence electrons. The topological polar surface area (TPSA) is 56.2 Å². The molecule has 1 aromatic heterocycles. The van der Waals surface area contributed by atoms with Crippen LogP contribution in [-0.4, -0.2) is 29.1 Å². The van der Waals surface area contributed by atoms with Crippen molar-refractivity contribution in [1.29, 1.82) is 0 Å². The molecule has 0 radical (unpaired) electrons. The molecule has 5 heteroatoms. The quantitative estimate of drug-likeness (QED) is 0.800. The van der Waals surface area contributed by atoms with Gasteiger partial charge >= 0.3 is 0 Å². The van der Waals surface area contributed by atoms with Crippen LogP contribution in [0.4, 0.5) is 0 Å². The first-order valence-corrected chi connectivity index (χ1v) is 6.07. The molecule has 1 N–H and O–H groups in total. The van der Waals surface area contributed by atoms with E-state index in [4.69, 9.17) is 4.74 Å². The van der Waals surface area contributed by atoms with Gasteiger partial charge in [0, 0.05) is 13.7 Å². The monoisotopic (exact) mass is 259 g/mol. The molecule has 0 aliphatic heterocycles. The smallest absolute Gasteiger partial charge is 0.240 e. The highest BCUT2D eigenvalue weighted by atomic mass is 16.5. The van der Waals surface area contributed by atoms with Crippen LogP contribution in [0.1, 0.15) is 5.82 Å². The molecule has 1 heterocycles. The number of hydrogen-bond donors (Lipinski definition) is 1. The Morgan fingerprint density at radius 1 is 1.53 bits per heavy atom. The Bertz CT molecular complexity index is 589. The number of imidazole rings is 1. The molecule has 19 heavy (non-hydrogen) atoms. The molecule has 2 aromatic rings. The molecule has 1 aromatic carbocycles. The molecular weight excluding hydrogens is 242 g/mol. The molecular formula is C14H17N3O2. The maximum atomic E-state index is 11.8. The van der Waals surface area contributed by atoms with E-state index in [-0.39, 0.29) is 12.5 Å². The zero-order valence-corrected chi connectivity index (χ0v) is 10.9. The first-order valence-electron chi connectivity index (χ1n) is 6.07. The molecule has 0 fully saturated rings. The lowest BCUT2D eigenvalue weighted by Gasteiger charge is -2.08. The third-order valence-corrected chi connectivity index (χ3v) is 2.75. The van der Waals surface area contributed by atoms with Gasteiger partial charge in [0.1, 0.15) is 19.0 Å². The number of benzene rings is 1. The molecule has 0 spiro atoms. The van der Waals surface area contributed by atoms with Crippen molar-refractivity contribution in [2.45, 2.75) is 13.2 Å². The van der Waals surface area contributed by atoms with Gasteiger partial charge in [0.05, 0.1) is 11.0 Å². The number of para-hydroxylation sites is 2. The van der Waals surface area contributed by atoms with Gasteiger partial charge in [-0.25, -0.2) is 4.98 Å². The van der Waals surface area contributed by atoms with Crippen LogP contribution in [0, 0.1) is 0 Å². The van der Waals surface area contributed by atoms with Gasteiger partial charge in [0.2, 0.25) is 5.91 Å². The normalized spacial score (nSPS) is 10.6. The minimum atomic E-state index is -0.0691. The predicted molar refractivity (Wildman–Crippen MR) is 73.7 cm³/mol. The largest absolute Gasteiger partial charge is 0.377 e. The summed E-state index contributed by atoms with van der Waals surface area (Å²) in [5, 5.41) is 2.76. The van der Waals surface area contributed by atoms with E-state index in [1.54, 1.807) is 13.2 Å². The molecule has 0 bridgehead atoms. The van der Waals surface area contributed by atoms with Crippen LogP contribution in [0.2, 0.25) is 0 Å². The number of carbonyl (C=O) groups is 1. The number of carbonyl (C=O) groups excluding carboxylic acids is 1. The third-order valence-electron chi connectivity index (χ3n) is 2.75. The van der Waals surface area contributed by atoms with Gasteiger partial charge in [-0.1, -0.05) is 18.2 Å². The number of fused-ring (bicyclic) bond motifs is 1. The Labute approximate surface area is 111 Å². The third kappa shape index (κ3) is 3.00. The molecule has 0 aliphatic rings. The fourth-order valence-corrected chi connectivity index (χ4v) is 1.93. The van der Waals surface area contributed by atoms with E-state index in [2.05, 4.69) is 16.9 Å². The predicted octanol–water partition coefficient (Wildman–Crippen LogP) is 1.48. The van der Waals surface area contributed by atoms with Crippen LogP contribution in [0.5, 0.6) is 0 Å². The molecule has 5 nitrogen and oxygen atoms in total. The first-order chi connectivity index (χ1) is 9.26. The fourth-order valence-electron chi connectivity index (χ4n) is 1.93. The van der Waals surface area contributed by atoms with E-state index < -0.39 is 0 Å². The van der Waals surface area contributed by atoms with Crippen molar-refractivity contribution in [2.24, 2.45) is 0 Å². The van der Waals surface area contributed by atoms with Crippen molar-refractivity contribution >= 4 is 16.9 Å². The number of rotatable bonds is 6. The van der Waals surface area contributed by atoms with Crippen LogP contribution >= 0.6 is 0 Å². The lowest BCUT2D eigenvalue weighted by atomic mass is 10.3. The van der Waals surface area contributed by atoms with Crippen LogP contribution in [0.15, 0.2) is 36.9 Å². The second kappa shape index (κ2) is 6.15. The molecule has 0 saturated carbocycles. The summed E-state index contributed by atoms with van der Waals surface area (Å²) in [6.07, 6.45) is 1.65. The number of nitrogens with zero attached hydrogens (tertiary/aromatic N) is 2. The molecule has 0 atom stereocenters. The maximum Gasteiger partial charge on any atom is 0.240 e. The summed E-state index contributed by atoms with van der Waals surface area (Å²) in [4.78, 5) is 16.3. The van der Waals surface area contributed by atoms with Gasteiger partial charge in [-0.2, -0.15) is 0 Å². The van der Waals surface area contributed by atoms with Gasteiger partial charge < -0.3 is 14.6 Å². The molecule has 2 rings (SSSR count). The zero-order chi connectivity index (χ0) is 13.7. The second-order valence-electron chi connectivity index (χ2n) is 4.13. The highest BCUT2D eigenvalue weighted by molar-refractivity contribution is 5.81. The van der Waals surface area contributed by atoms with Gasteiger partial charge in [0.15, 0.2) is 0 Å². The molecule has 0 unspecified atom stereocenters. The minimum absolute atomic E-state index is 0.0691. The Morgan fingerprint density at radius 3 is 3.05 bits per heavy atom. The van der Waals surface area contributed by atoms with Gasteiger partial charge in [-0.05, 0) is 12.1 Å². The number of aromatic nitrogens is 2. The molecule has 1 amide bonds. The van der Waals surface area contributed by atoms with Crippen molar-refractivity contribution in [1.82, 2.24) is 14.9 Å². The van der Waals surface area contributed by atoms with E-state index >= 15 is 0 Å². The second-order valence-corrected chi connectivity index (χ2v) is 4.13. The average molecular weight is 259 g/mol.